The number of hydrogen-bond donors (Lipinski definition) is 4. The summed E-state index contributed by atoms with van der Waals surface area (Å²) in [6.45, 7) is 0. The van der Waals surface area contributed by atoms with E-state index in [1.165, 1.54) is 0 Å². The van der Waals surface area contributed by atoms with Gasteiger partial charge in [0.1, 0.15) is 5.56 Å². The van der Waals surface area contributed by atoms with Gasteiger partial charge in [0, 0.05) is 23.5 Å². The van der Waals surface area contributed by atoms with Crippen molar-refractivity contribution in [2.24, 2.45) is 0 Å². The SMILES string of the molecule is Nc1c(B(O)O)cncc1C(=O)O. The number of pyridine rings is 1. The summed E-state index contributed by atoms with van der Waals surface area (Å²) in [6, 6.07) is 0. The normalized spacial score (nSPS) is 9.69. The minimum Gasteiger partial charge on any atom is -0.478 e. The lowest BCUT2D eigenvalue weighted by Crippen LogP contribution is -2.34. The number of nitrogens with two attached hydrogens (primary N) is 1. The minimum absolute atomic E-state index is 0.111. The lowest BCUT2D eigenvalue weighted by atomic mass is 9.79. The molecule has 0 bridgehead atoms. The average molecular weight is 182 g/mol. The van der Waals surface area contributed by atoms with Crippen molar-refractivity contribution in [3.05, 3.63) is 18.0 Å². The third kappa shape index (κ3) is 1.77. The summed E-state index contributed by atoms with van der Waals surface area (Å²) >= 11 is 0. The molecule has 0 aliphatic heterocycles. The molecule has 0 spiro atoms. The van der Waals surface area contributed by atoms with Gasteiger partial charge in [0.05, 0.1) is 0 Å². The Bertz CT molecular complexity index is 341. The van der Waals surface area contributed by atoms with E-state index in [0.717, 1.165) is 12.4 Å². The molecule has 0 saturated heterocycles. The fourth-order valence-electron chi connectivity index (χ4n) is 0.863. The van der Waals surface area contributed by atoms with Crippen molar-refractivity contribution in [3.8, 4) is 0 Å². The lowest BCUT2D eigenvalue weighted by Gasteiger charge is -2.05. The second-order valence-corrected chi connectivity index (χ2v) is 2.37. The van der Waals surface area contributed by atoms with Crippen LogP contribution < -0.4 is 11.2 Å². The van der Waals surface area contributed by atoms with Gasteiger partial charge in [0.25, 0.3) is 0 Å². The van der Waals surface area contributed by atoms with Crippen LogP contribution in [0.4, 0.5) is 5.69 Å². The Morgan fingerprint density at radius 2 is 2.08 bits per heavy atom. The van der Waals surface area contributed by atoms with Crippen LogP contribution in [0.5, 0.6) is 0 Å². The van der Waals surface area contributed by atoms with E-state index in [2.05, 4.69) is 4.98 Å². The Labute approximate surface area is 73.8 Å². The predicted molar refractivity (Wildman–Crippen MR) is 45.4 cm³/mol. The van der Waals surface area contributed by atoms with Gasteiger partial charge < -0.3 is 20.9 Å². The molecule has 68 valence electrons. The predicted octanol–water partition coefficient (Wildman–Crippen LogP) is -1.96. The number of rotatable bonds is 2. The number of hydrogen-bond acceptors (Lipinski definition) is 5. The van der Waals surface area contributed by atoms with E-state index in [4.69, 9.17) is 20.9 Å². The van der Waals surface area contributed by atoms with Crippen molar-refractivity contribution < 1.29 is 19.9 Å². The summed E-state index contributed by atoms with van der Waals surface area (Å²) in [5, 5.41) is 26.1. The molecule has 1 aromatic heterocycles. The fraction of sp³-hybridized carbons (Fsp3) is 0. The van der Waals surface area contributed by atoms with Crippen molar-refractivity contribution in [1.82, 2.24) is 4.98 Å². The van der Waals surface area contributed by atoms with Gasteiger partial charge in [-0.15, -0.1) is 0 Å². The quantitative estimate of drug-likeness (QED) is 0.394. The maximum absolute atomic E-state index is 10.5. The molecule has 0 aromatic carbocycles. The molecule has 0 aliphatic carbocycles. The molecule has 5 N–H and O–H groups in total. The molecule has 0 saturated carbocycles. The van der Waals surface area contributed by atoms with Crippen LogP contribution in [0.2, 0.25) is 0 Å². The van der Waals surface area contributed by atoms with Gasteiger partial charge in [-0.2, -0.15) is 0 Å². The van der Waals surface area contributed by atoms with Crippen LogP contribution in [0, 0.1) is 0 Å². The number of anilines is 1. The van der Waals surface area contributed by atoms with Crippen LogP contribution >= 0.6 is 0 Å². The summed E-state index contributed by atoms with van der Waals surface area (Å²) in [6.07, 6.45) is 2.15. The van der Waals surface area contributed by atoms with Crippen LogP contribution in [-0.2, 0) is 0 Å². The molecule has 0 fully saturated rings. The minimum atomic E-state index is -1.81. The monoisotopic (exact) mass is 182 g/mol. The molecule has 1 aromatic rings. The molecular formula is C6H7BN2O4. The first-order chi connectivity index (χ1) is 6.04. The van der Waals surface area contributed by atoms with Crippen LogP contribution in [0.25, 0.3) is 0 Å². The van der Waals surface area contributed by atoms with Crippen molar-refractivity contribution in [1.29, 1.82) is 0 Å². The maximum atomic E-state index is 10.5. The second-order valence-electron chi connectivity index (χ2n) is 2.37. The van der Waals surface area contributed by atoms with Gasteiger partial charge in [-0.25, -0.2) is 4.79 Å². The third-order valence-corrected chi connectivity index (χ3v) is 1.53. The third-order valence-electron chi connectivity index (χ3n) is 1.53. The van der Waals surface area contributed by atoms with E-state index in [9.17, 15) is 4.79 Å². The molecule has 0 amide bonds. The highest BCUT2D eigenvalue weighted by atomic mass is 16.4. The van der Waals surface area contributed by atoms with Crippen LogP contribution in [0.15, 0.2) is 12.4 Å². The van der Waals surface area contributed by atoms with Gasteiger partial charge in [0.2, 0.25) is 0 Å². The van der Waals surface area contributed by atoms with Gasteiger partial charge in [0.15, 0.2) is 0 Å². The van der Waals surface area contributed by atoms with E-state index in [-0.39, 0.29) is 16.7 Å². The molecule has 13 heavy (non-hydrogen) atoms. The summed E-state index contributed by atoms with van der Waals surface area (Å²) in [4.78, 5) is 14.0. The number of nitrogen functional groups attached to an aromatic ring is 1. The topological polar surface area (TPSA) is 117 Å². The van der Waals surface area contributed by atoms with Crippen molar-refractivity contribution in [2.45, 2.75) is 0 Å². The lowest BCUT2D eigenvalue weighted by molar-refractivity contribution is 0.0697. The largest absolute Gasteiger partial charge is 0.492 e. The van der Waals surface area contributed by atoms with E-state index < -0.39 is 13.1 Å². The highest BCUT2D eigenvalue weighted by molar-refractivity contribution is 6.60. The highest BCUT2D eigenvalue weighted by Gasteiger charge is 2.19. The van der Waals surface area contributed by atoms with Gasteiger partial charge in [-0.1, -0.05) is 0 Å². The highest BCUT2D eigenvalue weighted by Crippen LogP contribution is 2.06. The zero-order valence-corrected chi connectivity index (χ0v) is 6.51. The smallest absolute Gasteiger partial charge is 0.478 e. The summed E-state index contributed by atoms with van der Waals surface area (Å²) in [7, 11) is -1.81. The maximum Gasteiger partial charge on any atom is 0.492 e. The first-order valence-electron chi connectivity index (χ1n) is 3.37. The first kappa shape index (κ1) is 9.49. The molecule has 0 unspecified atom stereocenters. The van der Waals surface area contributed by atoms with Gasteiger partial charge in [-0.3, -0.25) is 4.98 Å². The molecule has 1 heterocycles. The van der Waals surface area contributed by atoms with Crippen molar-refractivity contribution in [2.75, 3.05) is 5.73 Å². The van der Waals surface area contributed by atoms with Gasteiger partial charge >= 0.3 is 13.1 Å². The van der Waals surface area contributed by atoms with E-state index in [1.807, 2.05) is 0 Å². The molecule has 6 nitrogen and oxygen atoms in total. The molecular weight excluding hydrogens is 175 g/mol. The molecule has 0 atom stereocenters. The van der Waals surface area contributed by atoms with Crippen LogP contribution in [0.3, 0.4) is 0 Å². The number of carboxylic acids is 1. The van der Waals surface area contributed by atoms with Crippen LogP contribution in [0.1, 0.15) is 10.4 Å². The fourth-order valence-corrected chi connectivity index (χ4v) is 0.863. The Morgan fingerprint density at radius 3 is 2.54 bits per heavy atom. The standard InChI is InChI=1S/C6H7BN2O4/c8-5-3(6(10)11)1-9-2-4(5)7(12)13/h1-2,12-13H,(H2,8,9)(H,10,11). The zero-order chi connectivity index (χ0) is 10.0. The zero-order valence-electron chi connectivity index (χ0n) is 6.51. The number of aromatic carboxylic acids is 1. The number of aromatic nitrogens is 1. The summed E-state index contributed by atoms with van der Waals surface area (Å²) in [5.74, 6) is -1.26. The molecule has 0 aliphatic rings. The average Bonchev–Trinajstić information content (AvgIpc) is 2.03. The molecule has 0 radical (unpaired) electrons. The molecule has 1 rings (SSSR count). The summed E-state index contributed by atoms with van der Waals surface area (Å²) in [5.41, 5.74) is 4.81. The Morgan fingerprint density at radius 1 is 1.46 bits per heavy atom. The van der Waals surface area contributed by atoms with Crippen molar-refractivity contribution >= 4 is 24.2 Å². The number of carboxylic acid groups (broad SMARTS) is 1. The van der Waals surface area contributed by atoms with E-state index in [0.29, 0.717) is 0 Å². The summed E-state index contributed by atoms with van der Waals surface area (Å²) < 4.78 is 0. The Hall–Kier alpha value is -1.60. The second kappa shape index (κ2) is 3.42. The number of carbonyl (C=O) groups is 1. The Kier molecular flexibility index (Phi) is 2.50. The van der Waals surface area contributed by atoms with E-state index in [1.54, 1.807) is 0 Å². The van der Waals surface area contributed by atoms with E-state index >= 15 is 0 Å². The first-order valence-corrected chi connectivity index (χ1v) is 3.37. The molecule has 7 heteroatoms. The van der Waals surface area contributed by atoms with Crippen molar-refractivity contribution in [3.63, 3.8) is 0 Å². The van der Waals surface area contributed by atoms with Crippen LogP contribution in [-0.4, -0.2) is 33.2 Å². The Balaban J connectivity index is 3.26. The number of nitrogens with zero attached hydrogens (tertiary/aromatic N) is 1. The van der Waals surface area contributed by atoms with Gasteiger partial charge in [-0.05, 0) is 0 Å².